The molecule has 6 rings (SSSR count). The van der Waals surface area contributed by atoms with Crippen molar-refractivity contribution in [3.8, 4) is 0 Å². The summed E-state index contributed by atoms with van der Waals surface area (Å²) < 4.78 is 5.53. The highest BCUT2D eigenvalue weighted by molar-refractivity contribution is 6.24. The van der Waals surface area contributed by atoms with Gasteiger partial charge in [0.15, 0.2) is 12.4 Å². The molecule has 1 heterocycles. The molecule has 28 heavy (non-hydrogen) atoms. The third kappa shape index (κ3) is 2.78. The van der Waals surface area contributed by atoms with Crippen LogP contribution in [-0.2, 0) is 14.3 Å². The summed E-state index contributed by atoms with van der Waals surface area (Å²) in [5, 5.41) is 2.79. The smallest absolute Gasteiger partial charge is 0.312 e. The number of ether oxygens (including phenoxy) is 1. The zero-order valence-corrected chi connectivity index (χ0v) is 16.7. The Labute approximate surface area is 169 Å². The highest BCUT2D eigenvalue weighted by Crippen LogP contribution is 2.64. The van der Waals surface area contributed by atoms with Crippen molar-refractivity contribution in [1.29, 1.82) is 0 Å². The van der Waals surface area contributed by atoms with Gasteiger partial charge in [-0.05, 0) is 81.0 Å². The summed E-state index contributed by atoms with van der Waals surface area (Å²) in [5.74, 6) is 0.162. The van der Waals surface area contributed by atoms with E-state index in [1.54, 1.807) is 18.2 Å². The fourth-order valence-electron chi connectivity index (χ4n) is 6.35. The summed E-state index contributed by atoms with van der Waals surface area (Å²) in [6.07, 6.45) is 5.52. The molecule has 1 aliphatic heterocycles. The lowest BCUT2D eigenvalue weighted by atomic mass is 9.49. The van der Waals surface area contributed by atoms with Gasteiger partial charge in [-0.2, -0.15) is 0 Å². The topological polar surface area (TPSA) is 72.5 Å². The Hall–Kier alpha value is -1.88. The second-order valence-corrected chi connectivity index (χ2v) is 10.2. The van der Waals surface area contributed by atoms with Crippen LogP contribution in [0.3, 0.4) is 0 Å². The predicted octanol–water partition coefficient (Wildman–Crippen LogP) is 4.05. The van der Waals surface area contributed by atoms with E-state index in [1.165, 1.54) is 6.42 Å². The number of fused-ring (bicyclic) bond motifs is 1. The molecule has 6 heteroatoms. The Morgan fingerprint density at radius 1 is 1.21 bits per heavy atom. The molecular formula is C22H24ClNO4. The number of halogens is 1. The van der Waals surface area contributed by atoms with Gasteiger partial charge in [0.05, 0.1) is 11.3 Å². The van der Waals surface area contributed by atoms with E-state index in [2.05, 4.69) is 5.32 Å². The molecule has 148 valence electrons. The Morgan fingerprint density at radius 2 is 1.93 bits per heavy atom. The maximum Gasteiger partial charge on any atom is 0.312 e. The first-order valence-electron chi connectivity index (χ1n) is 10.1. The number of anilines is 1. The summed E-state index contributed by atoms with van der Waals surface area (Å²) in [6, 6.07) is 5.14. The van der Waals surface area contributed by atoms with Gasteiger partial charge in [0.25, 0.3) is 0 Å². The molecule has 5 atom stereocenters. The number of carbonyl (C=O) groups is 3. The average Bonchev–Trinajstić information content (AvgIpc) is 2.91. The quantitative estimate of drug-likeness (QED) is 0.469. The molecule has 1 aromatic rings. The maximum absolute atomic E-state index is 13.0. The van der Waals surface area contributed by atoms with Gasteiger partial charge in [-0.3, -0.25) is 14.4 Å². The summed E-state index contributed by atoms with van der Waals surface area (Å²) in [4.78, 5) is 37.1. The monoisotopic (exact) mass is 401 g/mol. The normalized spacial score (nSPS) is 37.5. The van der Waals surface area contributed by atoms with Crippen molar-refractivity contribution in [3.63, 3.8) is 0 Å². The van der Waals surface area contributed by atoms with E-state index >= 15 is 0 Å². The van der Waals surface area contributed by atoms with E-state index in [0.29, 0.717) is 23.8 Å². The molecule has 1 N–H and O–H groups in total. The minimum atomic E-state index is -0.505. The third-order valence-corrected chi connectivity index (χ3v) is 7.69. The molecule has 2 unspecified atom stereocenters. The Morgan fingerprint density at radius 3 is 2.61 bits per heavy atom. The molecule has 5 nitrogen and oxygen atoms in total. The predicted molar refractivity (Wildman–Crippen MR) is 104 cm³/mol. The zero-order chi connectivity index (χ0) is 19.7. The molecule has 5 aliphatic rings. The van der Waals surface area contributed by atoms with E-state index < -0.39 is 5.41 Å². The number of rotatable bonds is 4. The fraction of sp³-hybridized carbons (Fsp3) is 0.591. The maximum atomic E-state index is 13.0. The number of ketones is 1. The number of benzene rings is 1. The average molecular weight is 402 g/mol. The van der Waals surface area contributed by atoms with Crippen LogP contribution in [0.1, 0.15) is 67.3 Å². The molecule has 0 aromatic heterocycles. The molecule has 0 radical (unpaired) electrons. The van der Waals surface area contributed by atoms with Crippen LogP contribution in [0.4, 0.5) is 5.69 Å². The van der Waals surface area contributed by atoms with Crippen molar-refractivity contribution in [2.45, 2.75) is 56.2 Å². The first kappa shape index (κ1) is 18.2. The van der Waals surface area contributed by atoms with Crippen LogP contribution >= 0.6 is 11.6 Å². The number of alkyl halides is 1. The summed E-state index contributed by atoms with van der Waals surface area (Å²) >= 11 is 6.79. The Kier molecular flexibility index (Phi) is 3.93. The number of hydrogen-bond donors (Lipinski definition) is 1. The van der Waals surface area contributed by atoms with Gasteiger partial charge < -0.3 is 10.1 Å². The van der Waals surface area contributed by atoms with Crippen LogP contribution in [0.2, 0.25) is 0 Å². The molecule has 4 aliphatic carbocycles. The molecule has 1 amide bonds. The van der Waals surface area contributed by atoms with Crippen LogP contribution in [0.5, 0.6) is 0 Å². The Bertz CT molecular complexity index is 881. The summed E-state index contributed by atoms with van der Waals surface area (Å²) in [7, 11) is 0. The van der Waals surface area contributed by atoms with Gasteiger partial charge in [-0.25, -0.2) is 0 Å². The number of nitrogens with one attached hydrogen (secondary N) is 1. The van der Waals surface area contributed by atoms with Gasteiger partial charge >= 0.3 is 5.97 Å². The fourth-order valence-corrected chi connectivity index (χ4v) is 7.04. The van der Waals surface area contributed by atoms with Crippen LogP contribution in [0.25, 0.3) is 0 Å². The second kappa shape index (κ2) is 6.06. The van der Waals surface area contributed by atoms with Crippen molar-refractivity contribution >= 4 is 34.9 Å². The van der Waals surface area contributed by atoms with Gasteiger partial charge in [-0.15, -0.1) is 11.6 Å². The summed E-state index contributed by atoms with van der Waals surface area (Å²) in [5.41, 5.74) is 1.52. The number of Topliss-reactive ketones (excluding diaryl/α,β-unsaturated/α-hetero) is 1. The second-order valence-electron chi connectivity index (χ2n) is 9.40. The van der Waals surface area contributed by atoms with Crippen molar-refractivity contribution in [2.24, 2.45) is 17.3 Å². The number of amides is 1. The summed E-state index contributed by atoms with van der Waals surface area (Å²) in [6.45, 7) is 1.55. The third-order valence-electron chi connectivity index (χ3n) is 7.25. The first-order chi connectivity index (χ1) is 13.3. The van der Waals surface area contributed by atoms with E-state index in [1.807, 2.05) is 6.92 Å². The lowest BCUT2D eigenvalue weighted by Crippen LogP contribution is -2.56. The SMILES string of the molecule is C[C@@H]1C(=O)Nc2ccc(C(=O)COC(=O)C34C[C@@H]5C[C@@H](CC(Cl)(C5)C3)C4)cc21. The lowest BCUT2D eigenvalue weighted by molar-refractivity contribution is -0.168. The Balaban J connectivity index is 1.28. The molecule has 4 fully saturated rings. The van der Waals surface area contributed by atoms with Crippen molar-refractivity contribution < 1.29 is 19.1 Å². The van der Waals surface area contributed by atoms with E-state index in [4.69, 9.17) is 16.3 Å². The largest absolute Gasteiger partial charge is 0.457 e. The molecule has 4 bridgehead atoms. The zero-order valence-electron chi connectivity index (χ0n) is 15.9. The minimum absolute atomic E-state index is 0.0668. The number of hydrogen-bond acceptors (Lipinski definition) is 4. The highest BCUT2D eigenvalue weighted by Gasteiger charge is 2.60. The van der Waals surface area contributed by atoms with E-state index in [-0.39, 0.29) is 35.1 Å². The van der Waals surface area contributed by atoms with Crippen LogP contribution in [0, 0.1) is 17.3 Å². The molecule has 1 aromatic carbocycles. The van der Waals surface area contributed by atoms with Crippen molar-refractivity contribution in [1.82, 2.24) is 0 Å². The van der Waals surface area contributed by atoms with Crippen molar-refractivity contribution in [3.05, 3.63) is 29.3 Å². The number of carbonyl (C=O) groups excluding carboxylic acids is 3. The molecule has 0 spiro atoms. The molecule has 0 saturated heterocycles. The minimum Gasteiger partial charge on any atom is -0.457 e. The highest BCUT2D eigenvalue weighted by atomic mass is 35.5. The van der Waals surface area contributed by atoms with Gasteiger partial charge in [0, 0.05) is 16.1 Å². The van der Waals surface area contributed by atoms with Crippen LogP contribution < -0.4 is 5.32 Å². The van der Waals surface area contributed by atoms with E-state index in [9.17, 15) is 14.4 Å². The van der Waals surface area contributed by atoms with Gasteiger partial charge in [0.2, 0.25) is 5.91 Å². The standard InChI is InChI=1S/C22H24ClNO4/c1-12-16-5-15(2-3-17(16)24-19(12)26)18(25)10-28-20(27)21-6-13-4-14(7-21)9-22(23,8-13)11-21/h2-3,5,12-14H,4,6-11H2,1H3,(H,24,26)/t12-,13-,14+,21?,22?/m0/s1. The van der Waals surface area contributed by atoms with Crippen molar-refractivity contribution in [2.75, 3.05) is 11.9 Å². The lowest BCUT2D eigenvalue weighted by Gasteiger charge is -2.58. The number of esters is 1. The van der Waals surface area contributed by atoms with Gasteiger partial charge in [0.1, 0.15) is 0 Å². The van der Waals surface area contributed by atoms with Crippen LogP contribution in [-0.4, -0.2) is 29.1 Å². The molecular weight excluding hydrogens is 378 g/mol. The first-order valence-corrected chi connectivity index (χ1v) is 10.5. The van der Waals surface area contributed by atoms with E-state index in [0.717, 1.165) is 36.9 Å². The van der Waals surface area contributed by atoms with Gasteiger partial charge in [-0.1, -0.05) is 0 Å². The molecule has 4 saturated carbocycles. The van der Waals surface area contributed by atoms with Crippen LogP contribution in [0.15, 0.2) is 18.2 Å².